The van der Waals surface area contributed by atoms with Gasteiger partial charge in [0.1, 0.15) is 5.82 Å². The minimum atomic E-state index is -0.461. The van der Waals surface area contributed by atoms with Crippen LogP contribution in [-0.4, -0.2) is 31.0 Å². The standard InChI is InChI=1S/C16H22FN5O/c1-16(2,3)22-14(23)10-21-15(19-4)20-9-12-6-5-11(8-18)7-13(12)17/h5-7H,9-10H2,1-4H3,(H,22,23)(H2,19,20,21). The van der Waals surface area contributed by atoms with Gasteiger partial charge in [0.05, 0.1) is 18.2 Å². The lowest BCUT2D eigenvalue weighted by molar-refractivity contribution is -0.121. The number of carbonyl (C=O) groups is 1. The van der Waals surface area contributed by atoms with Crippen LogP contribution in [0.2, 0.25) is 0 Å². The summed E-state index contributed by atoms with van der Waals surface area (Å²) in [5, 5.41) is 17.3. The summed E-state index contributed by atoms with van der Waals surface area (Å²) in [6, 6.07) is 6.16. The van der Waals surface area contributed by atoms with Crippen LogP contribution in [0.5, 0.6) is 0 Å². The Balaban J connectivity index is 2.52. The van der Waals surface area contributed by atoms with Crippen molar-refractivity contribution in [1.29, 1.82) is 5.26 Å². The van der Waals surface area contributed by atoms with Gasteiger partial charge in [-0.05, 0) is 32.9 Å². The van der Waals surface area contributed by atoms with E-state index in [4.69, 9.17) is 5.26 Å². The van der Waals surface area contributed by atoms with Crippen molar-refractivity contribution >= 4 is 11.9 Å². The first-order chi connectivity index (χ1) is 10.7. The second kappa shape index (κ2) is 8.13. The number of amides is 1. The van der Waals surface area contributed by atoms with Gasteiger partial charge in [0.25, 0.3) is 0 Å². The molecule has 1 rings (SSSR count). The molecule has 23 heavy (non-hydrogen) atoms. The van der Waals surface area contributed by atoms with Gasteiger partial charge >= 0.3 is 0 Å². The van der Waals surface area contributed by atoms with Crippen molar-refractivity contribution in [2.75, 3.05) is 13.6 Å². The predicted octanol–water partition coefficient (Wildman–Crippen LogP) is 1.28. The maximum Gasteiger partial charge on any atom is 0.239 e. The number of halogens is 1. The van der Waals surface area contributed by atoms with E-state index in [2.05, 4.69) is 20.9 Å². The van der Waals surface area contributed by atoms with Gasteiger partial charge in [0.2, 0.25) is 5.91 Å². The highest BCUT2D eigenvalue weighted by molar-refractivity contribution is 5.86. The fourth-order valence-corrected chi connectivity index (χ4v) is 1.79. The first-order valence-electron chi connectivity index (χ1n) is 7.19. The molecule has 0 spiro atoms. The minimum absolute atomic E-state index is 0.0623. The number of benzene rings is 1. The summed E-state index contributed by atoms with van der Waals surface area (Å²) >= 11 is 0. The molecule has 0 bridgehead atoms. The summed E-state index contributed by atoms with van der Waals surface area (Å²) in [7, 11) is 1.56. The number of guanidine groups is 1. The third-order valence-electron chi connectivity index (χ3n) is 2.78. The average molecular weight is 319 g/mol. The quantitative estimate of drug-likeness (QED) is 0.576. The smallest absolute Gasteiger partial charge is 0.239 e. The van der Waals surface area contributed by atoms with E-state index in [9.17, 15) is 9.18 Å². The zero-order chi connectivity index (χ0) is 17.5. The number of aliphatic imine (C=N–C) groups is 1. The highest BCUT2D eigenvalue weighted by atomic mass is 19.1. The summed E-state index contributed by atoms with van der Waals surface area (Å²) in [5.74, 6) is -0.236. The van der Waals surface area contributed by atoms with Gasteiger partial charge in [-0.25, -0.2) is 4.39 Å². The lowest BCUT2D eigenvalue weighted by Gasteiger charge is -2.21. The second-order valence-electron chi connectivity index (χ2n) is 6.00. The molecule has 0 atom stereocenters. The molecule has 0 aromatic heterocycles. The SMILES string of the molecule is CN=C(NCC(=O)NC(C)(C)C)NCc1ccc(C#N)cc1F. The number of nitrogens with one attached hydrogen (secondary N) is 3. The zero-order valence-electron chi connectivity index (χ0n) is 13.8. The third-order valence-corrected chi connectivity index (χ3v) is 2.78. The molecule has 0 heterocycles. The van der Waals surface area contributed by atoms with Crippen molar-refractivity contribution in [3.63, 3.8) is 0 Å². The number of carbonyl (C=O) groups excluding carboxylic acids is 1. The summed E-state index contributed by atoms with van der Waals surface area (Å²) in [6.45, 7) is 5.94. The number of rotatable bonds is 4. The van der Waals surface area contributed by atoms with E-state index in [1.54, 1.807) is 19.2 Å². The monoisotopic (exact) mass is 319 g/mol. The van der Waals surface area contributed by atoms with E-state index in [0.29, 0.717) is 11.5 Å². The summed E-state index contributed by atoms with van der Waals surface area (Å²) in [4.78, 5) is 15.7. The van der Waals surface area contributed by atoms with Crippen LogP contribution in [0.3, 0.4) is 0 Å². The Morgan fingerprint density at radius 1 is 1.35 bits per heavy atom. The lowest BCUT2D eigenvalue weighted by Crippen LogP contribution is -2.48. The maximum absolute atomic E-state index is 13.8. The van der Waals surface area contributed by atoms with Gasteiger partial charge in [-0.3, -0.25) is 9.79 Å². The number of nitrogens with zero attached hydrogens (tertiary/aromatic N) is 2. The van der Waals surface area contributed by atoms with Crippen molar-refractivity contribution in [2.45, 2.75) is 32.9 Å². The van der Waals surface area contributed by atoms with E-state index in [1.165, 1.54) is 6.07 Å². The van der Waals surface area contributed by atoms with Crippen LogP contribution >= 0.6 is 0 Å². The predicted molar refractivity (Wildman–Crippen MR) is 87.2 cm³/mol. The van der Waals surface area contributed by atoms with Crippen molar-refractivity contribution in [3.8, 4) is 6.07 Å². The minimum Gasteiger partial charge on any atom is -0.352 e. The van der Waals surface area contributed by atoms with Crippen LogP contribution in [-0.2, 0) is 11.3 Å². The molecule has 7 heteroatoms. The normalized spacial score (nSPS) is 11.6. The van der Waals surface area contributed by atoms with Gasteiger partial charge in [-0.1, -0.05) is 6.07 Å². The van der Waals surface area contributed by atoms with E-state index in [0.717, 1.165) is 0 Å². The number of hydrogen-bond acceptors (Lipinski definition) is 3. The molecule has 3 N–H and O–H groups in total. The first kappa shape index (κ1) is 18.4. The van der Waals surface area contributed by atoms with E-state index < -0.39 is 5.82 Å². The molecular formula is C16H22FN5O. The molecule has 0 saturated carbocycles. The molecule has 1 aromatic rings. The Morgan fingerprint density at radius 3 is 2.57 bits per heavy atom. The molecule has 0 radical (unpaired) electrons. The van der Waals surface area contributed by atoms with E-state index >= 15 is 0 Å². The van der Waals surface area contributed by atoms with Gasteiger partial charge in [0.15, 0.2) is 5.96 Å². The molecule has 0 saturated heterocycles. The molecular weight excluding hydrogens is 297 g/mol. The van der Waals surface area contributed by atoms with Crippen LogP contribution in [0, 0.1) is 17.1 Å². The van der Waals surface area contributed by atoms with Crippen LogP contribution in [0.25, 0.3) is 0 Å². The Kier molecular flexibility index (Phi) is 6.51. The molecule has 6 nitrogen and oxygen atoms in total. The van der Waals surface area contributed by atoms with Gasteiger partial charge in [-0.15, -0.1) is 0 Å². The molecule has 0 aliphatic heterocycles. The molecule has 0 unspecified atom stereocenters. The Hall–Kier alpha value is -2.62. The molecule has 0 fully saturated rings. The fourth-order valence-electron chi connectivity index (χ4n) is 1.79. The topological polar surface area (TPSA) is 89.3 Å². The van der Waals surface area contributed by atoms with Crippen LogP contribution in [0.1, 0.15) is 31.9 Å². The molecule has 124 valence electrons. The molecule has 0 aliphatic carbocycles. The Labute approximate surface area is 135 Å². The molecule has 0 aliphatic rings. The first-order valence-corrected chi connectivity index (χ1v) is 7.19. The summed E-state index contributed by atoms with van der Waals surface area (Å²) in [5.41, 5.74) is 0.375. The fraction of sp³-hybridized carbons (Fsp3) is 0.438. The molecule has 1 amide bonds. The van der Waals surface area contributed by atoms with Crippen LogP contribution in [0.15, 0.2) is 23.2 Å². The van der Waals surface area contributed by atoms with Crippen LogP contribution < -0.4 is 16.0 Å². The second-order valence-corrected chi connectivity index (χ2v) is 6.00. The highest BCUT2D eigenvalue weighted by Crippen LogP contribution is 2.09. The van der Waals surface area contributed by atoms with Crippen LogP contribution in [0.4, 0.5) is 4.39 Å². The van der Waals surface area contributed by atoms with Crippen molar-refractivity contribution in [3.05, 3.63) is 35.1 Å². The third kappa shape index (κ3) is 6.78. The van der Waals surface area contributed by atoms with Gasteiger partial charge in [0, 0.05) is 24.7 Å². The highest BCUT2D eigenvalue weighted by Gasteiger charge is 2.13. The Bertz CT molecular complexity index is 628. The number of hydrogen-bond donors (Lipinski definition) is 3. The van der Waals surface area contributed by atoms with E-state index in [-0.39, 0.29) is 30.1 Å². The maximum atomic E-state index is 13.8. The van der Waals surface area contributed by atoms with Crippen molar-refractivity contribution in [2.24, 2.45) is 4.99 Å². The molecule has 1 aromatic carbocycles. The Morgan fingerprint density at radius 2 is 2.04 bits per heavy atom. The summed E-state index contributed by atoms with van der Waals surface area (Å²) in [6.07, 6.45) is 0. The average Bonchev–Trinajstić information content (AvgIpc) is 2.46. The van der Waals surface area contributed by atoms with Gasteiger partial charge in [-0.2, -0.15) is 5.26 Å². The van der Waals surface area contributed by atoms with Crippen molar-refractivity contribution < 1.29 is 9.18 Å². The summed E-state index contributed by atoms with van der Waals surface area (Å²) < 4.78 is 13.8. The lowest BCUT2D eigenvalue weighted by atomic mass is 10.1. The zero-order valence-corrected chi connectivity index (χ0v) is 13.8. The number of nitriles is 1. The van der Waals surface area contributed by atoms with Crippen molar-refractivity contribution in [1.82, 2.24) is 16.0 Å². The van der Waals surface area contributed by atoms with E-state index in [1.807, 2.05) is 26.8 Å². The van der Waals surface area contributed by atoms with Gasteiger partial charge < -0.3 is 16.0 Å². The largest absolute Gasteiger partial charge is 0.352 e.